The van der Waals surface area contributed by atoms with E-state index in [4.69, 9.17) is 5.11 Å². The van der Waals surface area contributed by atoms with Crippen LogP contribution in [0.4, 0.5) is 5.69 Å². The molecule has 1 aromatic carbocycles. The Morgan fingerprint density at radius 3 is 2.96 bits per heavy atom. The van der Waals surface area contributed by atoms with E-state index in [2.05, 4.69) is 9.97 Å². The van der Waals surface area contributed by atoms with Crippen LogP contribution in [0.2, 0.25) is 0 Å². The summed E-state index contributed by atoms with van der Waals surface area (Å²) in [7, 11) is 0. The van der Waals surface area contributed by atoms with Crippen LogP contribution in [-0.2, 0) is 4.79 Å². The average Bonchev–Trinajstić information content (AvgIpc) is 3.03. The van der Waals surface area contributed by atoms with Crippen molar-refractivity contribution >= 4 is 45.0 Å². The van der Waals surface area contributed by atoms with Gasteiger partial charge in [0.25, 0.3) is 5.69 Å². The fourth-order valence-corrected chi connectivity index (χ4v) is 4.28. The minimum Gasteiger partial charge on any atom is -0.481 e. The van der Waals surface area contributed by atoms with Gasteiger partial charge in [0.2, 0.25) is 0 Å². The monoisotopic (exact) mass is 375 g/mol. The number of carbonyl (C=O) groups is 1. The summed E-state index contributed by atoms with van der Waals surface area (Å²) < 4.78 is 0. The molecule has 0 aliphatic carbocycles. The normalized spacial score (nSPS) is 10.9. The van der Waals surface area contributed by atoms with Crippen LogP contribution >= 0.6 is 23.1 Å². The molecular weight excluding hydrogens is 362 g/mol. The van der Waals surface area contributed by atoms with Crippen LogP contribution in [0.25, 0.3) is 21.3 Å². The van der Waals surface area contributed by atoms with E-state index in [1.807, 2.05) is 11.4 Å². The lowest BCUT2D eigenvalue weighted by Crippen LogP contribution is -1.95. The van der Waals surface area contributed by atoms with Crippen molar-refractivity contribution in [1.29, 1.82) is 0 Å². The minimum atomic E-state index is -0.818. The number of thiophene rings is 1. The summed E-state index contributed by atoms with van der Waals surface area (Å²) in [6.45, 7) is 0. The summed E-state index contributed by atoms with van der Waals surface area (Å²) in [5.41, 5.74) is 1.62. The molecule has 9 heteroatoms. The first-order valence-electron chi connectivity index (χ1n) is 7.38. The molecule has 25 heavy (non-hydrogen) atoms. The Bertz CT molecular complexity index is 942. The second-order valence-corrected chi connectivity index (χ2v) is 7.10. The van der Waals surface area contributed by atoms with Gasteiger partial charge in [0.1, 0.15) is 16.2 Å². The summed E-state index contributed by atoms with van der Waals surface area (Å²) in [6, 6.07) is 6.46. The van der Waals surface area contributed by atoms with Crippen molar-refractivity contribution in [3.8, 4) is 11.1 Å². The molecule has 0 unspecified atom stereocenters. The van der Waals surface area contributed by atoms with Crippen LogP contribution in [0.15, 0.2) is 41.0 Å². The predicted octanol–water partition coefficient (Wildman–Crippen LogP) is 4.22. The van der Waals surface area contributed by atoms with Crippen LogP contribution in [0.5, 0.6) is 0 Å². The Kier molecular flexibility index (Phi) is 5.25. The number of nitro benzene ring substituents is 1. The molecule has 0 aliphatic rings. The number of hydrogen-bond acceptors (Lipinski definition) is 7. The molecule has 3 rings (SSSR count). The van der Waals surface area contributed by atoms with Crippen molar-refractivity contribution in [2.75, 3.05) is 5.75 Å². The zero-order chi connectivity index (χ0) is 17.8. The summed E-state index contributed by atoms with van der Waals surface area (Å²) in [6.07, 6.45) is 2.14. The number of rotatable bonds is 7. The highest BCUT2D eigenvalue weighted by Crippen LogP contribution is 2.38. The molecule has 0 saturated carbocycles. The first kappa shape index (κ1) is 17.3. The Hall–Kier alpha value is -2.52. The third-order valence-electron chi connectivity index (χ3n) is 3.48. The number of hydrogen-bond donors (Lipinski definition) is 1. The van der Waals surface area contributed by atoms with Crippen LogP contribution in [0.1, 0.15) is 12.8 Å². The zero-order valence-electron chi connectivity index (χ0n) is 12.9. The number of thioether (sulfide) groups is 1. The van der Waals surface area contributed by atoms with E-state index < -0.39 is 10.9 Å². The first-order valence-corrected chi connectivity index (χ1v) is 9.24. The number of aliphatic carboxylic acids is 1. The van der Waals surface area contributed by atoms with E-state index in [-0.39, 0.29) is 12.1 Å². The van der Waals surface area contributed by atoms with E-state index in [1.165, 1.54) is 41.6 Å². The highest BCUT2D eigenvalue weighted by atomic mass is 32.2. The zero-order valence-corrected chi connectivity index (χ0v) is 14.5. The van der Waals surface area contributed by atoms with Gasteiger partial charge < -0.3 is 5.11 Å². The highest BCUT2D eigenvalue weighted by Gasteiger charge is 2.15. The Balaban J connectivity index is 1.95. The summed E-state index contributed by atoms with van der Waals surface area (Å²) in [5, 5.41) is 23.3. The second kappa shape index (κ2) is 7.58. The van der Waals surface area contributed by atoms with Crippen molar-refractivity contribution in [2.45, 2.75) is 17.9 Å². The van der Waals surface area contributed by atoms with Gasteiger partial charge in [0.15, 0.2) is 0 Å². The van der Waals surface area contributed by atoms with Gasteiger partial charge in [0.05, 0.1) is 10.3 Å². The molecule has 1 N–H and O–H groups in total. The lowest BCUT2D eigenvalue weighted by molar-refractivity contribution is -0.384. The molecule has 2 heterocycles. The van der Waals surface area contributed by atoms with Gasteiger partial charge in [-0.25, -0.2) is 9.97 Å². The topological polar surface area (TPSA) is 106 Å². The van der Waals surface area contributed by atoms with Gasteiger partial charge in [-0.05, 0) is 12.0 Å². The molecule has 0 spiro atoms. The number of aromatic nitrogens is 2. The van der Waals surface area contributed by atoms with Gasteiger partial charge in [-0.1, -0.05) is 12.1 Å². The highest BCUT2D eigenvalue weighted by molar-refractivity contribution is 7.99. The maximum Gasteiger partial charge on any atom is 0.303 e. The second-order valence-electron chi connectivity index (χ2n) is 5.16. The number of carboxylic acids is 1. The predicted molar refractivity (Wildman–Crippen MR) is 97.1 cm³/mol. The van der Waals surface area contributed by atoms with Crippen molar-refractivity contribution in [3.05, 3.63) is 46.1 Å². The Labute approximate surface area is 150 Å². The number of fused-ring (bicyclic) bond motifs is 1. The van der Waals surface area contributed by atoms with E-state index in [9.17, 15) is 14.9 Å². The van der Waals surface area contributed by atoms with Crippen LogP contribution < -0.4 is 0 Å². The molecule has 7 nitrogen and oxygen atoms in total. The Morgan fingerprint density at radius 1 is 1.36 bits per heavy atom. The van der Waals surface area contributed by atoms with Crippen molar-refractivity contribution in [1.82, 2.24) is 9.97 Å². The fourth-order valence-electron chi connectivity index (χ4n) is 2.35. The molecule has 3 aromatic rings. The largest absolute Gasteiger partial charge is 0.481 e. The van der Waals surface area contributed by atoms with Gasteiger partial charge >= 0.3 is 5.97 Å². The fraction of sp³-hybridized carbons (Fsp3) is 0.188. The smallest absolute Gasteiger partial charge is 0.303 e. The number of nitrogens with zero attached hydrogens (tertiary/aromatic N) is 3. The molecule has 2 aromatic heterocycles. The SMILES string of the molecule is O=C(O)CCCSc1ncnc2scc(-c3cccc([N+](=O)[O-])c3)c12. The molecule has 0 aliphatic heterocycles. The van der Waals surface area contributed by atoms with E-state index in [0.29, 0.717) is 12.2 Å². The van der Waals surface area contributed by atoms with Gasteiger partial charge in [-0.2, -0.15) is 0 Å². The lowest BCUT2D eigenvalue weighted by Gasteiger charge is -2.05. The Morgan fingerprint density at radius 2 is 2.20 bits per heavy atom. The summed E-state index contributed by atoms with van der Waals surface area (Å²) >= 11 is 2.93. The summed E-state index contributed by atoms with van der Waals surface area (Å²) in [5.74, 6) is -0.191. The van der Waals surface area contributed by atoms with E-state index >= 15 is 0 Å². The molecule has 0 amide bonds. The molecular formula is C16H13N3O4S2. The molecule has 128 valence electrons. The van der Waals surface area contributed by atoms with Crippen molar-refractivity contribution < 1.29 is 14.8 Å². The first-order chi connectivity index (χ1) is 12.1. The number of nitro groups is 1. The lowest BCUT2D eigenvalue weighted by atomic mass is 10.1. The summed E-state index contributed by atoms with van der Waals surface area (Å²) in [4.78, 5) is 30.6. The maximum absolute atomic E-state index is 11.0. The van der Waals surface area contributed by atoms with Crippen LogP contribution in [0.3, 0.4) is 0 Å². The van der Waals surface area contributed by atoms with Gasteiger partial charge in [0, 0.05) is 35.2 Å². The van der Waals surface area contributed by atoms with E-state index in [1.54, 1.807) is 6.07 Å². The average molecular weight is 375 g/mol. The molecule has 0 atom stereocenters. The van der Waals surface area contributed by atoms with Crippen molar-refractivity contribution in [2.24, 2.45) is 0 Å². The van der Waals surface area contributed by atoms with E-state index in [0.717, 1.165) is 26.4 Å². The number of benzene rings is 1. The number of non-ortho nitro benzene ring substituents is 1. The maximum atomic E-state index is 11.0. The van der Waals surface area contributed by atoms with Gasteiger partial charge in [-0.15, -0.1) is 23.1 Å². The van der Waals surface area contributed by atoms with Crippen LogP contribution in [0, 0.1) is 10.1 Å². The minimum absolute atomic E-state index is 0.0318. The molecule has 0 fully saturated rings. The molecule has 0 saturated heterocycles. The number of carboxylic acid groups (broad SMARTS) is 1. The molecule has 0 radical (unpaired) electrons. The standard InChI is InChI=1S/C16H13N3O4S2/c20-13(21)5-2-6-24-15-14-12(8-25-16(14)18-9-17-15)10-3-1-4-11(7-10)19(22)23/h1,3-4,7-9H,2,5-6H2,(H,20,21). The van der Waals surface area contributed by atoms with Gasteiger partial charge in [-0.3, -0.25) is 14.9 Å². The van der Waals surface area contributed by atoms with Crippen molar-refractivity contribution in [3.63, 3.8) is 0 Å². The molecule has 0 bridgehead atoms. The third kappa shape index (κ3) is 3.94. The van der Waals surface area contributed by atoms with Crippen LogP contribution in [-0.4, -0.2) is 31.7 Å². The third-order valence-corrected chi connectivity index (χ3v) is 5.44. The quantitative estimate of drug-likeness (QED) is 0.217.